The zero-order valence-corrected chi connectivity index (χ0v) is 13.0. The van der Waals surface area contributed by atoms with E-state index in [0.717, 1.165) is 5.56 Å². The molecule has 0 aliphatic rings. The van der Waals surface area contributed by atoms with Crippen LogP contribution in [0.4, 0.5) is 10.5 Å². The molecule has 0 unspecified atom stereocenters. The Morgan fingerprint density at radius 3 is 2.73 bits per heavy atom. The Morgan fingerprint density at radius 1 is 1.27 bits per heavy atom. The zero-order valence-electron chi connectivity index (χ0n) is 12.3. The molecule has 1 atom stereocenters. The summed E-state index contributed by atoms with van der Waals surface area (Å²) in [5.41, 5.74) is 1.26. The van der Waals surface area contributed by atoms with Crippen molar-refractivity contribution in [2.24, 2.45) is 0 Å². The first-order valence-corrected chi connectivity index (χ1v) is 7.07. The normalized spacial score (nSPS) is 11.6. The third-order valence-corrected chi connectivity index (χ3v) is 3.47. The summed E-state index contributed by atoms with van der Waals surface area (Å²) in [6.45, 7) is 1.82. The smallest absolute Gasteiger partial charge is 0.319 e. The van der Waals surface area contributed by atoms with E-state index in [0.29, 0.717) is 16.5 Å². The summed E-state index contributed by atoms with van der Waals surface area (Å²) in [7, 11) is 1.54. The van der Waals surface area contributed by atoms with Crippen molar-refractivity contribution in [3.63, 3.8) is 0 Å². The zero-order chi connectivity index (χ0) is 16.1. The van der Waals surface area contributed by atoms with E-state index >= 15 is 0 Å². The Balaban J connectivity index is 2.04. The summed E-state index contributed by atoms with van der Waals surface area (Å²) in [6.07, 6.45) is 0. The number of carbonyl (C=O) groups is 1. The lowest BCUT2D eigenvalue weighted by molar-refractivity contribution is 0.249. The van der Waals surface area contributed by atoms with Crippen LogP contribution >= 0.6 is 11.6 Å². The number of nitrogens with one attached hydrogen (secondary N) is 2. The number of ether oxygens (including phenoxy) is 1. The van der Waals surface area contributed by atoms with E-state index in [1.54, 1.807) is 36.4 Å². The van der Waals surface area contributed by atoms with Gasteiger partial charge in [0, 0.05) is 6.07 Å². The highest BCUT2D eigenvalue weighted by atomic mass is 35.5. The Morgan fingerprint density at radius 2 is 2.05 bits per heavy atom. The van der Waals surface area contributed by atoms with E-state index in [1.165, 1.54) is 7.11 Å². The molecule has 0 saturated carbocycles. The highest BCUT2D eigenvalue weighted by molar-refractivity contribution is 6.33. The van der Waals surface area contributed by atoms with Gasteiger partial charge in [0.1, 0.15) is 11.5 Å². The van der Waals surface area contributed by atoms with Gasteiger partial charge in [-0.15, -0.1) is 0 Å². The molecule has 0 saturated heterocycles. The molecule has 0 bridgehead atoms. The molecule has 2 rings (SSSR count). The molecular weight excluding hydrogens is 304 g/mol. The van der Waals surface area contributed by atoms with Crippen molar-refractivity contribution in [3.8, 4) is 11.5 Å². The minimum Gasteiger partial charge on any atom is -0.508 e. The van der Waals surface area contributed by atoms with Gasteiger partial charge in [-0.05, 0) is 36.8 Å². The molecule has 0 aliphatic carbocycles. The first kappa shape index (κ1) is 16.0. The molecule has 5 nitrogen and oxygen atoms in total. The molecule has 3 N–H and O–H groups in total. The van der Waals surface area contributed by atoms with Crippen molar-refractivity contribution >= 4 is 23.3 Å². The minimum atomic E-state index is -0.397. The Kier molecular flexibility index (Phi) is 5.12. The lowest BCUT2D eigenvalue weighted by Crippen LogP contribution is -2.31. The molecule has 116 valence electrons. The summed E-state index contributed by atoms with van der Waals surface area (Å²) in [5.74, 6) is 0.753. The van der Waals surface area contributed by atoms with Gasteiger partial charge in [-0.25, -0.2) is 4.79 Å². The number of amides is 2. The first-order chi connectivity index (χ1) is 10.5. The maximum atomic E-state index is 12.0. The second kappa shape index (κ2) is 7.04. The molecule has 0 aromatic heterocycles. The molecule has 2 amide bonds. The Hall–Kier alpha value is -2.40. The lowest BCUT2D eigenvalue weighted by atomic mass is 10.1. The number of rotatable bonds is 4. The van der Waals surface area contributed by atoms with Crippen LogP contribution in [0.2, 0.25) is 5.02 Å². The molecule has 2 aromatic rings. The molecule has 0 fully saturated rings. The fourth-order valence-electron chi connectivity index (χ4n) is 1.96. The first-order valence-electron chi connectivity index (χ1n) is 6.69. The fourth-order valence-corrected chi connectivity index (χ4v) is 2.12. The highest BCUT2D eigenvalue weighted by Crippen LogP contribution is 2.26. The summed E-state index contributed by atoms with van der Waals surface area (Å²) in [5, 5.41) is 15.3. The maximum absolute atomic E-state index is 12.0. The molecule has 0 aliphatic heterocycles. The van der Waals surface area contributed by atoms with Gasteiger partial charge in [-0.2, -0.15) is 0 Å². The molecular formula is C16H17ClN2O3. The van der Waals surface area contributed by atoms with Gasteiger partial charge in [0.25, 0.3) is 0 Å². The van der Waals surface area contributed by atoms with Crippen LogP contribution in [0.1, 0.15) is 18.5 Å². The topological polar surface area (TPSA) is 70.6 Å². The number of methoxy groups -OCH3 is 1. The summed E-state index contributed by atoms with van der Waals surface area (Å²) in [6, 6.07) is 11.1. The van der Waals surface area contributed by atoms with E-state index in [-0.39, 0.29) is 11.8 Å². The standard InChI is InChI=1S/C16H17ClN2O3/c1-10(11-4-3-5-12(20)8-11)18-16(21)19-15-9-13(22-2)6-7-14(15)17/h3-10,20H,1-2H3,(H2,18,19,21)/t10-/m0/s1. The molecule has 6 heteroatoms. The summed E-state index contributed by atoms with van der Waals surface area (Å²) >= 11 is 6.04. The largest absolute Gasteiger partial charge is 0.508 e. The van der Waals surface area contributed by atoms with Crippen LogP contribution in [0.5, 0.6) is 11.5 Å². The number of carbonyl (C=O) groups excluding carboxylic acids is 1. The van der Waals surface area contributed by atoms with Crippen molar-refractivity contribution in [1.82, 2.24) is 5.32 Å². The van der Waals surface area contributed by atoms with E-state index in [4.69, 9.17) is 16.3 Å². The van der Waals surface area contributed by atoms with Gasteiger partial charge >= 0.3 is 6.03 Å². The minimum absolute atomic E-state index is 0.155. The van der Waals surface area contributed by atoms with Crippen molar-refractivity contribution in [2.45, 2.75) is 13.0 Å². The van der Waals surface area contributed by atoms with Gasteiger partial charge in [0.05, 0.1) is 23.9 Å². The van der Waals surface area contributed by atoms with Gasteiger partial charge in [-0.3, -0.25) is 0 Å². The summed E-state index contributed by atoms with van der Waals surface area (Å²) < 4.78 is 5.10. The van der Waals surface area contributed by atoms with Crippen LogP contribution in [0.3, 0.4) is 0 Å². The quantitative estimate of drug-likeness (QED) is 0.799. The molecule has 0 radical (unpaired) electrons. The average molecular weight is 321 g/mol. The predicted molar refractivity (Wildman–Crippen MR) is 86.7 cm³/mol. The number of phenols is 1. The molecule has 0 heterocycles. The van der Waals surface area contributed by atoms with Crippen LogP contribution in [0.25, 0.3) is 0 Å². The van der Waals surface area contributed by atoms with Crippen molar-refractivity contribution in [1.29, 1.82) is 0 Å². The number of urea groups is 1. The molecule has 2 aromatic carbocycles. The summed E-state index contributed by atoms with van der Waals surface area (Å²) in [4.78, 5) is 12.0. The lowest BCUT2D eigenvalue weighted by Gasteiger charge is -2.16. The number of benzene rings is 2. The van der Waals surface area contributed by atoms with Crippen molar-refractivity contribution in [2.75, 3.05) is 12.4 Å². The molecule has 22 heavy (non-hydrogen) atoms. The van der Waals surface area contributed by atoms with Gasteiger partial charge in [0.15, 0.2) is 0 Å². The third kappa shape index (κ3) is 4.05. The fraction of sp³-hybridized carbons (Fsp3) is 0.188. The van der Waals surface area contributed by atoms with Gasteiger partial charge < -0.3 is 20.5 Å². The van der Waals surface area contributed by atoms with Crippen molar-refractivity contribution in [3.05, 3.63) is 53.1 Å². The monoisotopic (exact) mass is 320 g/mol. The Bertz CT molecular complexity index is 676. The van der Waals surface area contributed by atoms with Crippen LogP contribution in [-0.2, 0) is 0 Å². The van der Waals surface area contributed by atoms with Crippen molar-refractivity contribution < 1.29 is 14.6 Å². The van der Waals surface area contributed by atoms with E-state index in [1.807, 2.05) is 13.0 Å². The number of aromatic hydroxyl groups is 1. The van der Waals surface area contributed by atoms with Crippen LogP contribution in [-0.4, -0.2) is 18.2 Å². The second-order valence-electron chi connectivity index (χ2n) is 4.76. The van der Waals surface area contributed by atoms with Gasteiger partial charge in [0.2, 0.25) is 0 Å². The van der Waals surface area contributed by atoms with E-state index in [9.17, 15) is 9.90 Å². The average Bonchev–Trinajstić information content (AvgIpc) is 2.49. The number of anilines is 1. The van der Waals surface area contributed by atoms with Gasteiger partial charge in [-0.1, -0.05) is 23.7 Å². The van der Waals surface area contributed by atoms with Crippen LogP contribution in [0.15, 0.2) is 42.5 Å². The molecule has 0 spiro atoms. The maximum Gasteiger partial charge on any atom is 0.319 e. The Labute approximate surface area is 133 Å². The predicted octanol–water partition coefficient (Wildman–Crippen LogP) is 3.94. The number of halogens is 1. The second-order valence-corrected chi connectivity index (χ2v) is 5.17. The van der Waals surface area contributed by atoms with Crippen LogP contribution < -0.4 is 15.4 Å². The van der Waals surface area contributed by atoms with E-state index in [2.05, 4.69) is 10.6 Å². The third-order valence-electron chi connectivity index (χ3n) is 3.14. The number of phenolic OH excluding ortho intramolecular Hbond substituents is 1. The SMILES string of the molecule is COc1ccc(Cl)c(NC(=O)N[C@@H](C)c2cccc(O)c2)c1. The van der Waals surface area contributed by atoms with E-state index < -0.39 is 6.03 Å². The van der Waals surface area contributed by atoms with Crippen LogP contribution in [0, 0.1) is 0 Å². The number of hydrogen-bond acceptors (Lipinski definition) is 3. The highest BCUT2D eigenvalue weighted by Gasteiger charge is 2.12. The number of hydrogen-bond donors (Lipinski definition) is 3.